The van der Waals surface area contributed by atoms with Gasteiger partial charge >= 0.3 is 5.97 Å². The van der Waals surface area contributed by atoms with Gasteiger partial charge in [-0.1, -0.05) is 19.1 Å². The number of carbonyl (C=O) groups excluding carboxylic acids is 2. The molecule has 0 saturated carbocycles. The molecule has 0 aromatic heterocycles. The number of likely N-dealkylation sites (tertiary alicyclic amines) is 1. The van der Waals surface area contributed by atoms with Crippen molar-refractivity contribution in [1.82, 2.24) is 4.90 Å². The molecule has 126 valence electrons. The summed E-state index contributed by atoms with van der Waals surface area (Å²) in [5.41, 5.74) is 0.310. The van der Waals surface area contributed by atoms with Crippen LogP contribution in [0.25, 0.3) is 0 Å². The van der Waals surface area contributed by atoms with Gasteiger partial charge in [0, 0.05) is 26.3 Å². The van der Waals surface area contributed by atoms with Gasteiger partial charge in [-0.15, -0.1) is 0 Å². The van der Waals surface area contributed by atoms with Crippen molar-refractivity contribution in [2.45, 2.75) is 51.6 Å². The molecule has 0 bridgehead atoms. The first-order chi connectivity index (χ1) is 10.9. The number of rotatable bonds is 5. The Morgan fingerprint density at radius 3 is 2.61 bits per heavy atom. The summed E-state index contributed by atoms with van der Waals surface area (Å²) >= 11 is 0. The summed E-state index contributed by atoms with van der Waals surface area (Å²) in [6.45, 7) is 4.62. The largest absolute Gasteiger partial charge is 0.508 e. The monoisotopic (exact) mass is 319 g/mol. The van der Waals surface area contributed by atoms with Gasteiger partial charge in [0.15, 0.2) is 0 Å². The lowest BCUT2D eigenvalue weighted by atomic mass is 9.86. The van der Waals surface area contributed by atoms with E-state index in [1.165, 1.54) is 0 Å². The van der Waals surface area contributed by atoms with E-state index in [2.05, 4.69) is 0 Å². The second-order valence-corrected chi connectivity index (χ2v) is 6.29. The quantitative estimate of drug-likeness (QED) is 0.847. The van der Waals surface area contributed by atoms with Gasteiger partial charge in [-0.2, -0.15) is 0 Å². The molecule has 1 N–H and O–H groups in total. The van der Waals surface area contributed by atoms with Crippen LogP contribution in [0.5, 0.6) is 5.75 Å². The Morgan fingerprint density at radius 2 is 2.00 bits per heavy atom. The third kappa shape index (κ3) is 4.71. The zero-order valence-electron chi connectivity index (χ0n) is 13.9. The molecule has 1 unspecified atom stereocenters. The van der Waals surface area contributed by atoms with Crippen LogP contribution in [0.15, 0.2) is 24.3 Å². The summed E-state index contributed by atoms with van der Waals surface area (Å²) in [7, 11) is 0. The number of aromatic hydroxyl groups is 1. The maximum atomic E-state index is 12.1. The number of phenolic OH excluding ortho intramolecular Hbond substituents is 1. The number of ether oxygens (including phenoxy) is 1. The highest BCUT2D eigenvalue weighted by Crippen LogP contribution is 2.30. The lowest BCUT2D eigenvalue weighted by Gasteiger charge is -2.42. The number of amides is 1. The van der Waals surface area contributed by atoms with Crippen LogP contribution in [0.3, 0.4) is 0 Å². The second kappa shape index (κ2) is 7.49. The molecule has 1 fully saturated rings. The average molecular weight is 319 g/mol. The van der Waals surface area contributed by atoms with E-state index in [9.17, 15) is 14.7 Å². The Hall–Kier alpha value is -2.04. The number of piperidine rings is 1. The molecule has 1 aliphatic heterocycles. The van der Waals surface area contributed by atoms with Crippen LogP contribution in [-0.2, 0) is 20.7 Å². The highest BCUT2D eigenvalue weighted by molar-refractivity contribution is 5.74. The third-order valence-corrected chi connectivity index (χ3v) is 4.23. The minimum Gasteiger partial charge on any atom is -0.508 e. The van der Waals surface area contributed by atoms with E-state index in [1.807, 2.05) is 19.1 Å². The smallest absolute Gasteiger partial charge is 0.306 e. The molecular formula is C18H25NO4. The molecule has 5 nitrogen and oxygen atoms in total. The normalized spacial score (nSPS) is 21.0. The number of hydrogen-bond donors (Lipinski definition) is 1. The van der Waals surface area contributed by atoms with E-state index in [1.54, 1.807) is 24.0 Å². The van der Waals surface area contributed by atoms with Gasteiger partial charge in [-0.25, -0.2) is 0 Å². The molecule has 0 radical (unpaired) electrons. The average Bonchev–Trinajstić information content (AvgIpc) is 2.50. The molecule has 1 saturated heterocycles. The zero-order chi connectivity index (χ0) is 16.9. The number of esters is 1. The van der Waals surface area contributed by atoms with Crippen LogP contribution in [0.4, 0.5) is 0 Å². The molecule has 1 aromatic rings. The molecule has 0 spiro atoms. The van der Waals surface area contributed by atoms with E-state index >= 15 is 0 Å². The van der Waals surface area contributed by atoms with Gasteiger partial charge in [-0.05, 0) is 37.0 Å². The lowest BCUT2D eigenvalue weighted by molar-refractivity contribution is -0.168. The highest BCUT2D eigenvalue weighted by atomic mass is 16.6. The molecule has 5 heteroatoms. The van der Waals surface area contributed by atoms with Crippen molar-refractivity contribution >= 4 is 11.9 Å². The predicted octanol–water partition coefficient (Wildman–Crippen LogP) is 2.66. The van der Waals surface area contributed by atoms with Crippen molar-refractivity contribution in [3.05, 3.63) is 29.8 Å². The van der Waals surface area contributed by atoms with Crippen LogP contribution < -0.4 is 0 Å². The van der Waals surface area contributed by atoms with Crippen LogP contribution in [0.2, 0.25) is 0 Å². The van der Waals surface area contributed by atoms with Crippen LogP contribution in [0.1, 0.15) is 45.1 Å². The first-order valence-electron chi connectivity index (χ1n) is 8.19. The Balaban J connectivity index is 2.21. The number of hydrogen-bond acceptors (Lipinski definition) is 4. The van der Waals surface area contributed by atoms with Gasteiger partial charge in [0.2, 0.25) is 5.91 Å². The van der Waals surface area contributed by atoms with Crippen LogP contribution >= 0.6 is 0 Å². The van der Waals surface area contributed by atoms with E-state index in [0.717, 1.165) is 24.8 Å². The number of nitrogens with zero attached hydrogens (tertiary/aromatic N) is 1. The summed E-state index contributed by atoms with van der Waals surface area (Å²) in [5, 5.41) is 9.42. The molecule has 1 heterocycles. The Bertz CT molecular complexity index is 555. The summed E-state index contributed by atoms with van der Waals surface area (Å²) < 4.78 is 5.84. The molecule has 1 aliphatic rings. The molecular weight excluding hydrogens is 294 g/mol. The Kier molecular flexibility index (Phi) is 5.64. The minimum atomic E-state index is -0.673. The number of benzene rings is 1. The van der Waals surface area contributed by atoms with Crippen molar-refractivity contribution in [2.75, 3.05) is 13.1 Å². The molecule has 23 heavy (non-hydrogen) atoms. The maximum absolute atomic E-state index is 12.1. The second-order valence-electron chi connectivity index (χ2n) is 6.29. The van der Waals surface area contributed by atoms with E-state index in [4.69, 9.17) is 4.74 Å². The summed E-state index contributed by atoms with van der Waals surface area (Å²) in [6.07, 6.45) is 3.23. The van der Waals surface area contributed by atoms with E-state index in [-0.39, 0.29) is 17.6 Å². The van der Waals surface area contributed by atoms with Crippen molar-refractivity contribution in [3.63, 3.8) is 0 Å². The van der Waals surface area contributed by atoms with Crippen LogP contribution in [-0.4, -0.2) is 40.6 Å². The van der Waals surface area contributed by atoms with Crippen molar-refractivity contribution in [1.29, 1.82) is 0 Å². The standard InChI is InChI=1S/C18H25NO4/c1-3-5-17(22)23-18(10-4-11-19(13-18)14(2)20)12-15-6-8-16(21)9-7-15/h6-9,21H,3-5,10-13H2,1-2H3. The first kappa shape index (κ1) is 17.3. The summed E-state index contributed by atoms with van der Waals surface area (Å²) in [4.78, 5) is 25.6. The minimum absolute atomic E-state index is 0.00585. The van der Waals surface area contributed by atoms with Crippen molar-refractivity contribution in [3.8, 4) is 5.75 Å². The third-order valence-electron chi connectivity index (χ3n) is 4.23. The van der Waals surface area contributed by atoms with Gasteiger partial charge in [0.25, 0.3) is 0 Å². The maximum Gasteiger partial charge on any atom is 0.306 e. The predicted molar refractivity (Wildman–Crippen MR) is 87.0 cm³/mol. The topological polar surface area (TPSA) is 66.8 Å². The Morgan fingerprint density at radius 1 is 1.30 bits per heavy atom. The molecule has 1 amide bonds. The fourth-order valence-electron chi connectivity index (χ4n) is 3.11. The van der Waals surface area contributed by atoms with Crippen molar-refractivity contribution in [2.24, 2.45) is 0 Å². The van der Waals surface area contributed by atoms with Crippen molar-refractivity contribution < 1.29 is 19.4 Å². The van der Waals surface area contributed by atoms with E-state index < -0.39 is 5.60 Å². The lowest BCUT2D eigenvalue weighted by Crippen LogP contribution is -2.53. The Labute approximate surface area is 137 Å². The fraction of sp³-hybridized carbons (Fsp3) is 0.556. The van der Waals surface area contributed by atoms with Gasteiger partial charge in [-0.3, -0.25) is 9.59 Å². The summed E-state index contributed by atoms with van der Waals surface area (Å²) in [5.74, 6) is 0.00258. The molecule has 1 atom stereocenters. The highest BCUT2D eigenvalue weighted by Gasteiger charge is 2.40. The number of carbonyl (C=O) groups is 2. The van der Waals surface area contributed by atoms with E-state index in [0.29, 0.717) is 25.9 Å². The molecule has 1 aromatic carbocycles. The SMILES string of the molecule is CCCC(=O)OC1(Cc2ccc(O)cc2)CCCN(C(C)=O)C1. The number of phenols is 1. The van der Waals surface area contributed by atoms with Gasteiger partial charge < -0.3 is 14.7 Å². The summed E-state index contributed by atoms with van der Waals surface area (Å²) in [6, 6.07) is 6.92. The van der Waals surface area contributed by atoms with Gasteiger partial charge in [0.1, 0.15) is 11.4 Å². The van der Waals surface area contributed by atoms with Gasteiger partial charge in [0.05, 0.1) is 6.54 Å². The zero-order valence-corrected chi connectivity index (χ0v) is 13.9. The molecule has 2 rings (SSSR count). The first-order valence-corrected chi connectivity index (χ1v) is 8.19. The van der Waals surface area contributed by atoms with Crippen LogP contribution in [0, 0.1) is 0 Å². The fourth-order valence-corrected chi connectivity index (χ4v) is 3.11. The molecule has 0 aliphatic carbocycles.